The van der Waals surface area contributed by atoms with E-state index in [1.807, 2.05) is 52.1 Å². The van der Waals surface area contributed by atoms with Crippen LogP contribution in [0.2, 0.25) is 0 Å². The van der Waals surface area contributed by atoms with Crippen LogP contribution in [0.4, 0.5) is 0 Å². The standard InChI is InChI=1S/C17H19N3.2C2H6/c1-3-13(2)12-16-19-15-10-7-11-18-17(15)20(16)14-8-5-4-6-9-14;2*1-2/h4-11,13H,3,12H2,1-2H3;2*1-2H3. The summed E-state index contributed by atoms with van der Waals surface area (Å²) < 4.78 is 2.18. The molecular formula is C21H31N3. The number of pyridine rings is 1. The van der Waals surface area contributed by atoms with Crippen molar-refractivity contribution in [2.75, 3.05) is 0 Å². The van der Waals surface area contributed by atoms with Gasteiger partial charge in [-0.05, 0) is 30.2 Å². The van der Waals surface area contributed by atoms with Crippen LogP contribution in [0.1, 0.15) is 53.8 Å². The molecule has 1 aromatic carbocycles. The highest BCUT2D eigenvalue weighted by atomic mass is 15.1. The number of nitrogens with zero attached hydrogens (tertiary/aromatic N) is 3. The quantitative estimate of drug-likeness (QED) is 0.583. The summed E-state index contributed by atoms with van der Waals surface area (Å²) in [7, 11) is 0. The first-order chi connectivity index (χ1) is 11.8. The van der Waals surface area contributed by atoms with Crippen molar-refractivity contribution < 1.29 is 0 Å². The first kappa shape index (κ1) is 19.9. The predicted octanol–water partition coefficient (Wildman–Crippen LogP) is 6.06. The lowest BCUT2D eigenvalue weighted by Crippen LogP contribution is -2.06. The lowest BCUT2D eigenvalue weighted by Gasteiger charge is -2.11. The van der Waals surface area contributed by atoms with E-state index in [2.05, 4.69) is 47.7 Å². The Bertz CT molecular complexity index is 701. The molecule has 0 fully saturated rings. The second-order valence-corrected chi connectivity index (χ2v) is 5.26. The number of rotatable bonds is 4. The Labute approximate surface area is 146 Å². The first-order valence-electron chi connectivity index (χ1n) is 9.17. The number of hydrogen-bond donors (Lipinski definition) is 0. The van der Waals surface area contributed by atoms with Gasteiger partial charge < -0.3 is 0 Å². The topological polar surface area (TPSA) is 30.7 Å². The average Bonchev–Trinajstić information content (AvgIpc) is 3.03. The number of hydrogen-bond acceptors (Lipinski definition) is 2. The Balaban J connectivity index is 0.000000671. The van der Waals surface area contributed by atoms with Gasteiger partial charge in [-0.15, -0.1) is 0 Å². The van der Waals surface area contributed by atoms with Crippen molar-refractivity contribution in [2.45, 2.75) is 54.4 Å². The highest BCUT2D eigenvalue weighted by Gasteiger charge is 2.14. The lowest BCUT2D eigenvalue weighted by molar-refractivity contribution is 0.540. The van der Waals surface area contributed by atoms with Gasteiger partial charge in [0, 0.05) is 18.3 Å². The molecule has 1 unspecified atom stereocenters. The molecule has 3 rings (SSSR count). The molecule has 0 aliphatic carbocycles. The largest absolute Gasteiger partial charge is 0.281 e. The SMILES string of the molecule is CC.CC.CCC(C)Cc1nc2cccnc2n1-c1ccccc1. The molecule has 0 aliphatic heterocycles. The van der Waals surface area contributed by atoms with E-state index < -0.39 is 0 Å². The molecule has 0 radical (unpaired) electrons. The molecule has 3 heteroatoms. The van der Waals surface area contributed by atoms with Crippen LogP contribution in [0.15, 0.2) is 48.7 Å². The number of para-hydroxylation sites is 1. The Kier molecular flexibility index (Phi) is 8.77. The zero-order chi connectivity index (χ0) is 17.9. The molecule has 2 aromatic heterocycles. The maximum atomic E-state index is 4.78. The lowest BCUT2D eigenvalue weighted by atomic mass is 10.1. The molecule has 130 valence electrons. The minimum atomic E-state index is 0.620. The minimum Gasteiger partial charge on any atom is -0.281 e. The summed E-state index contributed by atoms with van der Waals surface area (Å²) in [6.07, 6.45) is 3.96. The number of aromatic nitrogens is 3. The van der Waals surface area contributed by atoms with Crippen molar-refractivity contribution in [1.29, 1.82) is 0 Å². The Morgan fingerprint density at radius 3 is 2.25 bits per heavy atom. The Hall–Kier alpha value is -2.16. The van der Waals surface area contributed by atoms with Crippen LogP contribution in [-0.2, 0) is 6.42 Å². The molecule has 0 saturated heterocycles. The molecule has 0 aliphatic rings. The van der Waals surface area contributed by atoms with Crippen LogP contribution in [0, 0.1) is 5.92 Å². The fourth-order valence-corrected chi connectivity index (χ4v) is 2.40. The molecule has 3 aromatic rings. The maximum Gasteiger partial charge on any atom is 0.164 e. The monoisotopic (exact) mass is 325 g/mol. The van der Waals surface area contributed by atoms with Crippen LogP contribution >= 0.6 is 0 Å². The fourth-order valence-electron chi connectivity index (χ4n) is 2.40. The van der Waals surface area contributed by atoms with E-state index in [9.17, 15) is 0 Å². The van der Waals surface area contributed by atoms with Crippen LogP contribution < -0.4 is 0 Å². The van der Waals surface area contributed by atoms with Gasteiger partial charge >= 0.3 is 0 Å². The summed E-state index contributed by atoms with van der Waals surface area (Å²) in [4.78, 5) is 9.29. The molecule has 1 atom stereocenters. The van der Waals surface area contributed by atoms with Crippen molar-refractivity contribution >= 4 is 11.2 Å². The summed E-state index contributed by atoms with van der Waals surface area (Å²) in [6.45, 7) is 12.5. The van der Waals surface area contributed by atoms with E-state index in [0.29, 0.717) is 5.92 Å². The average molecular weight is 326 g/mol. The smallest absolute Gasteiger partial charge is 0.164 e. The fraction of sp³-hybridized carbons (Fsp3) is 0.429. The first-order valence-corrected chi connectivity index (χ1v) is 9.17. The highest BCUT2D eigenvalue weighted by Crippen LogP contribution is 2.22. The molecule has 0 saturated carbocycles. The van der Waals surface area contributed by atoms with E-state index in [0.717, 1.165) is 35.5 Å². The van der Waals surface area contributed by atoms with Gasteiger partial charge in [-0.3, -0.25) is 4.57 Å². The zero-order valence-electron chi connectivity index (χ0n) is 16.0. The molecular weight excluding hydrogens is 294 g/mol. The highest BCUT2D eigenvalue weighted by molar-refractivity contribution is 5.73. The molecule has 24 heavy (non-hydrogen) atoms. The maximum absolute atomic E-state index is 4.78. The molecule has 2 heterocycles. The zero-order valence-corrected chi connectivity index (χ0v) is 16.0. The normalized spacial score (nSPS) is 11.1. The van der Waals surface area contributed by atoms with E-state index in [-0.39, 0.29) is 0 Å². The van der Waals surface area contributed by atoms with Gasteiger partial charge in [0.05, 0.1) is 0 Å². The number of fused-ring (bicyclic) bond motifs is 1. The number of imidazole rings is 1. The van der Waals surface area contributed by atoms with Crippen molar-refractivity contribution in [3.8, 4) is 5.69 Å². The number of benzene rings is 1. The second-order valence-electron chi connectivity index (χ2n) is 5.26. The molecule has 0 bridgehead atoms. The van der Waals surface area contributed by atoms with Gasteiger partial charge in [-0.1, -0.05) is 66.2 Å². The Morgan fingerprint density at radius 2 is 1.62 bits per heavy atom. The van der Waals surface area contributed by atoms with E-state index in [1.54, 1.807) is 0 Å². The van der Waals surface area contributed by atoms with E-state index in [1.165, 1.54) is 0 Å². The van der Waals surface area contributed by atoms with Gasteiger partial charge in [-0.2, -0.15) is 0 Å². The molecule has 0 spiro atoms. The predicted molar refractivity (Wildman–Crippen MR) is 105 cm³/mol. The summed E-state index contributed by atoms with van der Waals surface area (Å²) >= 11 is 0. The minimum absolute atomic E-state index is 0.620. The van der Waals surface area contributed by atoms with Crippen LogP contribution in [0.25, 0.3) is 16.9 Å². The van der Waals surface area contributed by atoms with Crippen LogP contribution in [-0.4, -0.2) is 14.5 Å². The summed E-state index contributed by atoms with van der Waals surface area (Å²) in [6, 6.07) is 14.3. The van der Waals surface area contributed by atoms with Crippen molar-refractivity contribution in [2.24, 2.45) is 5.92 Å². The van der Waals surface area contributed by atoms with E-state index in [4.69, 9.17) is 4.98 Å². The van der Waals surface area contributed by atoms with E-state index >= 15 is 0 Å². The van der Waals surface area contributed by atoms with Crippen molar-refractivity contribution in [1.82, 2.24) is 14.5 Å². The van der Waals surface area contributed by atoms with Gasteiger partial charge in [0.2, 0.25) is 0 Å². The van der Waals surface area contributed by atoms with Crippen molar-refractivity contribution in [3.05, 3.63) is 54.5 Å². The second kappa shape index (κ2) is 10.6. The third kappa shape index (κ3) is 4.67. The summed E-state index contributed by atoms with van der Waals surface area (Å²) in [5.41, 5.74) is 3.04. The summed E-state index contributed by atoms with van der Waals surface area (Å²) in [5.74, 6) is 1.72. The third-order valence-electron chi connectivity index (χ3n) is 3.73. The summed E-state index contributed by atoms with van der Waals surface area (Å²) in [5, 5.41) is 0. The van der Waals surface area contributed by atoms with Crippen molar-refractivity contribution in [3.63, 3.8) is 0 Å². The van der Waals surface area contributed by atoms with Gasteiger partial charge in [0.15, 0.2) is 5.65 Å². The van der Waals surface area contributed by atoms with Crippen LogP contribution in [0.3, 0.4) is 0 Å². The van der Waals surface area contributed by atoms with Gasteiger partial charge in [-0.25, -0.2) is 9.97 Å². The van der Waals surface area contributed by atoms with Gasteiger partial charge in [0.1, 0.15) is 11.3 Å². The third-order valence-corrected chi connectivity index (χ3v) is 3.73. The van der Waals surface area contributed by atoms with Gasteiger partial charge in [0.25, 0.3) is 0 Å². The molecule has 0 amide bonds. The Morgan fingerprint density at radius 1 is 0.958 bits per heavy atom. The van der Waals surface area contributed by atoms with Crippen LogP contribution in [0.5, 0.6) is 0 Å². The molecule has 3 nitrogen and oxygen atoms in total. The molecule has 0 N–H and O–H groups in total.